The molecule has 0 fully saturated rings. The maximum absolute atomic E-state index is 13.5. The van der Waals surface area contributed by atoms with Gasteiger partial charge in [0.05, 0.1) is 29.5 Å². The third-order valence-corrected chi connectivity index (χ3v) is 5.56. The van der Waals surface area contributed by atoms with E-state index >= 15 is 0 Å². The first-order valence-corrected chi connectivity index (χ1v) is 10.4. The molecular formula is C26H18F3NO6. The molecule has 0 amide bonds. The second-order valence-corrected chi connectivity index (χ2v) is 7.72. The Morgan fingerprint density at radius 3 is 1.89 bits per heavy atom. The lowest BCUT2D eigenvalue weighted by atomic mass is 9.98. The first-order chi connectivity index (χ1) is 17.0. The molecule has 0 atom stereocenters. The molecule has 3 N–H and O–H groups in total. The van der Waals surface area contributed by atoms with Crippen molar-refractivity contribution in [3.05, 3.63) is 95.1 Å². The zero-order chi connectivity index (χ0) is 26.2. The summed E-state index contributed by atoms with van der Waals surface area (Å²) in [6.07, 6.45) is -4.59. The summed E-state index contributed by atoms with van der Waals surface area (Å²) in [5.74, 6) is -2.96. The van der Waals surface area contributed by atoms with Crippen molar-refractivity contribution in [1.29, 1.82) is 0 Å². The van der Waals surface area contributed by atoms with E-state index in [2.05, 4.69) is 0 Å². The van der Waals surface area contributed by atoms with E-state index in [-0.39, 0.29) is 33.6 Å². The number of carboxylic acid groups (broad SMARTS) is 1. The van der Waals surface area contributed by atoms with Gasteiger partial charge in [0.2, 0.25) is 5.88 Å². The molecule has 3 aromatic carbocycles. The van der Waals surface area contributed by atoms with Crippen LogP contribution in [0.25, 0.3) is 16.9 Å². The minimum absolute atomic E-state index is 0.0295. The van der Waals surface area contributed by atoms with E-state index in [1.165, 1.54) is 55.6 Å². The van der Waals surface area contributed by atoms with Crippen molar-refractivity contribution >= 4 is 11.8 Å². The van der Waals surface area contributed by atoms with Crippen molar-refractivity contribution in [1.82, 2.24) is 4.57 Å². The highest BCUT2D eigenvalue weighted by molar-refractivity contribution is 6.15. The molecule has 184 valence electrons. The van der Waals surface area contributed by atoms with E-state index in [9.17, 15) is 38.1 Å². The van der Waals surface area contributed by atoms with Crippen molar-refractivity contribution in [2.75, 3.05) is 7.11 Å². The Morgan fingerprint density at radius 2 is 1.39 bits per heavy atom. The first-order valence-electron chi connectivity index (χ1n) is 10.4. The molecule has 0 bridgehead atoms. The van der Waals surface area contributed by atoms with Gasteiger partial charge in [0.15, 0.2) is 11.5 Å². The average molecular weight is 497 g/mol. The van der Waals surface area contributed by atoms with Gasteiger partial charge in [-0.15, -0.1) is 0 Å². The predicted octanol–water partition coefficient (Wildman–Crippen LogP) is 5.51. The molecule has 0 spiro atoms. The molecule has 0 aliphatic heterocycles. The lowest BCUT2D eigenvalue weighted by molar-refractivity contribution is -0.137. The Labute approximate surface area is 202 Å². The molecule has 0 radical (unpaired) electrons. The van der Waals surface area contributed by atoms with Crippen LogP contribution in [0.2, 0.25) is 0 Å². The average Bonchev–Trinajstić information content (AvgIpc) is 3.13. The van der Waals surface area contributed by atoms with Crippen LogP contribution >= 0.6 is 0 Å². The molecule has 4 rings (SSSR count). The minimum atomic E-state index is -4.59. The number of aromatic nitrogens is 1. The monoisotopic (exact) mass is 497 g/mol. The lowest BCUT2D eigenvalue weighted by Gasteiger charge is -2.14. The van der Waals surface area contributed by atoms with Gasteiger partial charge in [0.1, 0.15) is 5.75 Å². The van der Waals surface area contributed by atoms with Crippen molar-refractivity contribution in [2.24, 2.45) is 0 Å². The van der Waals surface area contributed by atoms with Gasteiger partial charge in [0, 0.05) is 11.3 Å². The van der Waals surface area contributed by atoms with Gasteiger partial charge in [-0.25, -0.2) is 4.79 Å². The van der Waals surface area contributed by atoms with Crippen LogP contribution in [0, 0.1) is 0 Å². The molecular weight excluding hydrogens is 479 g/mol. The van der Waals surface area contributed by atoms with Crippen LogP contribution in [-0.2, 0) is 6.18 Å². The summed E-state index contributed by atoms with van der Waals surface area (Å²) in [5.41, 5.74) is -0.941. The minimum Gasteiger partial charge on any atom is -0.503 e. The number of carboxylic acids is 1. The molecule has 0 saturated heterocycles. The topological polar surface area (TPSA) is 109 Å². The molecule has 10 heteroatoms. The number of ether oxygens (including phenoxy) is 1. The lowest BCUT2D eigenvalue weighted by Crippen LogP contribution is -2.07. The number of hydrogen-bond acceptors (Lipinski definition) is 5. The van der Waals surface area contributed by atoms with Crippen LogP contribution < -0.4 is 4.74 Å². The number of methoxy groups -OCH3 is 1. The number of hydrogen-bond donors (Lipinski definition) is 3. The second kappa shape index (κ2) is 9.14. The molecule has 0 saturated carbocycles. The Kier molecular flexibility index (Phi) is 6.19. The van der Waals surface area contributed by atoms with Crippen LogP contribution in [-0.4, -0.2) is 38.7 Å². The molecule has 4 aromatic rings. The number of nitrogens with zero attached hydrogens (tertiary/aromatic N) is 1. The number of aromatic carboxylic acids is 1. The number of benzene rings is 3. The standard InChI is InChI=1S/C26H18F3NO6/c1-36-19-12-6-15(7-13-19)22(31)20-21(14-2-4-16(5-3-14)25(34)35)30(24(33)23(20)32)18-10-8-17(9-11-18)26(27,28)29/h2-13,32-33H,1H3,(H,34,35). The third kappa shape index (κ3) is 4.36. The molecule has 0 aliphatic rings. The largest absolute Gasteiger partial charge is 0.503 e. The van der Waals surface area contributed by atoms with E-state index in [4.69, 9.17) is 4.74 Å². The van der Waals surface area contributed by atoms with Crippen molar-refractivity contribution < 1.29 is 42.8 Å². The van der Waals surface area contributed by atoms with Crippen LogP contribution in [0.1, 0.15) is 31.8 Å². The third-order valence-electron chi connectivity index (χ3n) is 5.56. The highest BCUT2D eigenvalue weighted by Gasteiger charge is 2.32. The van der Waals surface area contributed by atoms with Crippen LogP contribution in [0.5, 0.6) is 17.4 Å². The maximum atomic E-state index is 13.5. The first kappa shape index (κ1) is 24.4. The number of ketones is 1. The molecule has 36 heavy (non-hydrogen) atoms. The Bertz CT molecular complexity index is 1440. The maximum Gasteiger partial charge on any atom is 0.416 e. The highest BCUT2D eigenvalue weighted by atomic mass is 19.4. The van der Waals surface area contributed by atoms with Gasteiger partial charge in [-0.1, -0.05) is 12.1 Å². The van der Waals surface area contributed by atoms with E-state index < -0.39 is 35.1 Å². The predicted molar refractivity (Wildman–Crippen MR) is 123 cm³/mol. The number of carbonyl (C=O) groups excluding carboxylic acids is 1. The molecule has 7 nitrogen and oxygen atoms in total. The summed E-state index contributed by atoms with van der Waals surface area (Å²) in [6.45, 7) is 0. The molecule has 0 unspecified atom stereocenters. The van der Waals surface area contributed by atoms with E-state index in [0.717, 1.165) is 28.8 Å². The number of rotatable bonds is 6. The van der Waals surface area contributed by atoms with Crippen LogP contribution in [0.3, 0.4) is 0 Å². The van der Waals surface area contributed by atoms with E-state index in [1.54, 1.807) is 0 Å². The van der Waals surface area contributed by atoms with Crippen LogP contribution in [0.15, 0.2) is 72.8 Å². The van der Waals surface area contributed by atoms with Crippen molar-refractivity contribution in [3.63, 3.8) is 0 Å². The van der Waals surface area contributed by atoms with Crippen molar-refractivity contribution in [2.45, 2.75) is 6.18 Å². The van der Waals surface area contributed by atoms with Gasteiger partial charge in [-0.3, -0.25) is 9.36 Å². The normalized spacial score (nSPS) is 11.3. The Balaban J connectivity index is 1.95. The summed E-state index contributed by atoms with van der Waals surface area (Å²) in [5, 5.41) is 30.8. The van der Waals surface area contributed by atoms with Crippen molar-refractivity contribution in [3.8, 4) is 34.3 Å². The summed E-state index contributed by atoms with van der Waals surface area (Å²) in [7, 11) is 1.45. The van der Waals surface area contributed by atoms with E-state index in [0.29, 0.717) is 5.75 Å². The van der Waals surface area contributed by atoms with Gasteiger partial charge < -0.3 is 20.1 Å². The Morgan fingerprint density at radius 1 is 0.833 bits per heavy atom. The number of halogens is 3. The smallest absolute Gasteiger partial charge is 0.416 e. The number of alkyl halides is 3. The fourth-order valence-corrected chi connectivity index (χ4v) is 3.74. The van der Waals surface area contributed by atoms with Gasteiger partial charge in [-0.2, -0.15) is 13.2 Å². The van der Waals surface area contributed by atoms with Crippen LogP contribution in [0.4, 0.5) is 13.2 Å². The number of carbonyl (C=O) groups is 2. The quantitative estimate of drug-likeness (QED) is 0.303. The molecule has 0 aliphatic carbocycles. The summed E-state index contributed by atoms with van der Waals surface area (Å²) < 4.78 is 45.3. The zero-order valence-electron chi connectivity index (χ0n) is 18.6. The SMILES string of the molecule is COc1ccc(C(=O)c2c(O)c(O)n(-c3ccc(C(F)(F)F)cc3)c2-c2ccc(C(=O)O)cc2)cc1. The highest BCUT2D eigenvalue weighted by Crippen LogP contribution is 2.44. The Hall–Kier alpha value is -4.73. The zero-order valence-corrected chi connectivity index (χ0v) is 18.6. The fraction of sp³-hybridized carbons (Fsp3) is 0.0769. The summed E-state index contributed by atoms with van der Waals surface area (Å²) >= 11 is 0. The molecule has 1 aromatic heterocycles. The van der Waals surface area contributed by atoms with Gasteiger partial charge >= 0.3 is 12.1 Å². The fourth-order valence-electron chi connectivity index (χ4n) is 3.74. The molecule has 1 heterocycles. The van der Waals surface area contributed by atoms with E-state index in [1.807, 2.05) is 0 Å². The summed E-state index contributed by atoms with van der Waals surface area (Å²) in [4.78, 5) is 24.7. The summed E-state index contributed by atoms with van der Waals surface area (Å²) in [6, 6.07) is 15.0. The second-order valence-electron chi connectivity index (χ2n) is 7.72. The van der Waals surface area contributed by atoms with Gasteiger partial charge in [0.25, 0.3) is 0 Å². The van der Waals surface area contributed by atoms with Gasteiger partial charge in [-0.05, 0) is 66.2 Å². The number of aromatic hydroxyl groups is 2.